The van der Waals surface area contributed by atoms with Crippen LogP contribution in [-0.4, -0.2) is 52.8 Å². The van der Waals surface area contributed by atoms with Gasteiger partial charge in [0.1, 0.15) is 17.8 Å². The molecule has 1 atom stereocenters. The van der Waals surface area contributed by atoms with Crippen LogP contribution in [0.15, 0.2) is 45.5 Å². The van der Waals surface area contributed by atoms with E-state index in [1.165, 1.54) is 11.8 Å². The van der Waals surface area contributed by atoms with Gasteiger partial charge in [-0.3, -0.25) is 15.0 Å². The van der Waals surface area contributed by atoms with Crippen LogP contribution in [0.1, 0.15) is 66.7 Å². The SMILES string of the molecule is CCC(=O)Nc1ccc(Sc2nc(NC3CC(C)=NN3)cc(N3CCC(NC(=O)CC(C)(C)C)CC3)n2)cc1. The van der Waals surface area contributed by atoms with Crippen LogP contribution in [0.4, 0.5) is 17.3 Å². The number of benzene rings is 1. The highest BCUT2D eigenvalue weighted by molar-refractivity contribution is 7.99. The molecule has 0 spiro atoms. The normalized spacial score (nSPS) is 17.8. The molecule has 11 heteroatoms. The fourth-order valence-corrected chi connectivity index (χ4v) is 5.27. The average molecular weight is 553 g/mol. The number of anilines is 3. The third-order valence-electron chi connectivity index (χ3n) is 6.47. The van der Waals surface area contributed by atoms with Crippen LogP contribution in [0.5, 0.6) is 0 Å². The maximum atomic E-state index is 12.4. The van der Waals surface area contributed by atoms with Gasteiger partial charge in [0.05, 0.1) is 0 Å². The lowest BCUT2D eigenvalue weighted by Crippen LogP contribution is -2.45. The molecular formula is C28H40N8O2S. The van der Waals surface area contributed by atoms with Crippen molar-refractivity contribution in [3.05, 3.63) is 30.3 Å². The maximum Gasteiger partial charge on any atom is 0.224 e. The monoisotopic (exact) mass is 552 g/mol. The lowest BCUT2D eigenvalue weighted by Gasteiger charge is -2.34. The Bertz CT molecular complexity index is 1190. The van der Waals surface area contributed by atoms with Gasteiger partial charge in [0.15, 0.2) is 5.16 Å². The minimum atomic E-state index is -0.0231. The third-order valence-corrected chi connectivity index (χ3v) is 7.34. The van der Waals surface area contributed by atoms with Crippen molar-refractivity contribution >= 4 is 46.6 Å². The molecule has 3 heterocycles. The molecule has 1 aromatic heterocycles. The smallest absolute Gasteiger partial charge is 0.224 e. The Morgan fingerprint density at radius 2 is 1.82 bits per heavy atom. The lowest BCUT2D eigenvalue weighted by molar-refractivity contribution is -0.123. The molecule has 2 aromatic rings. The second-order valence-corrected chi connectivity index (χ2v) is 12.4. The number of carbonyl (C=O) groups excluding carboxylic acids is 2. The van der Waals surface area contributed by atoms with E-state index in [9.17, 15) is 9.59 Å². The zero-order chi connectivity index (χ0) is 28.0. The summed E-state index contributed by atoms with van der Waals surface area (Å²) in [5, 5.41) is 14.5. The number of carbonyl (C=O) groups is 2. The standard InChI is InChI=1S/C28H40N8O2S/c1-6-25(37)29-19-7-9-21(10-8-19)39-27-32-22(31-23-15-18(2)34-35-23)16-24(33-27)36-13-11-20(12-14-36)30-26(38)17-28(3,4)5/h7-10,16,20,23,35H,6,11-15,17H2,1-5H3,(H,29,37)(H,30,38)(H,31,32,33). The largest absolute Gasteiger partial charge is 0.356 e. The molecule has 1 fully saturated rings. The van der Waals surface area contributed by atoms with E-state index in [1.807, 2.05) is 44.2 Å². The fourth-order valence-electron chi connectivity index (χ4n) is 4.51. The number of hydrogen-bond acceptors (Lipinski definition) is 9. The van der Waals surface area contributed by atoms with Crippen LogP contribution in [-0.2, 0) is 9.59 Å². The van der Waals surface area contributed by atoms with Gasteiger partial charge in [0.25, 0.3) is 0 Å². The maximum absolute atomic E-state index is 12.4. The first-order chi connectivity index (χ1) is 18.6. The van der Waals surface area contributed by atoms with Crippen LogP contribution < -0.4 is 26.3 Å². The highest BCUT2D eigenvalue weighted by Gasteiger charge is 2.25. The van der Waals surface area contributed by atoms with Crippen molar-refractivity contribution in [2.24, 2.45) is 10.5 Å². The average Bonchev–Trinajstić information content (AvgIpc) is 3.28. The Kier molecular flexibility index (Phi) is 9.32. The van der Waals surface area contributed by atoms with Crippen LogP contribution in [0.3, 0.4) is 0 Å². The first-order valence-electron chi connectivity index (χ1n) is 13.6. The minimum Gasteiger partial charge on any atom is -0.356 e. The summed E-state index contributed by atoms with van der Waals surface area (Å²) in [4.78, 5) is 37.0. The van der Waals surface area contributed by atoms with E-state index in [4.69, 9.17) is 9.97 Å². The number of piperidine rings is 1. The van der Waals surface area contributed by atoms with Gasteiger partial charge in [0.2, 0.25) is 11.8 Å². The Hall–Kier alpha value is -3.34. The molecule has 0 saturated carbocycles. The number of rotatable bonds is 9. The summed E-state index contributed by atoms with van der Waals surface area (Å²) in [5.41, 5.74) is 4.90. The Morgan fingerprint density at radius 1 is 1.10 bits per heavy atom. The summed E-state index contributed by atoms with van der Waals surface area (Å²) < 4.78 is 0. The van der Waals surface area contributed by atoms with E-state index in [0.29, 0.717) is 18.0 Å². The molecule has 1 saturated heterocycles. The molecule has 0 radical (unpaired) electrons. The first-order valence-corrected chi connectivity index (χ1v) is 14.4. The topological polar surface area (TPSA) is 124 Å². The van der Waals surface area contributed by atoms with E-state index in [2.05, 4.69) is 52.1 Å². The Balaban J connectivity index is 1.45. The van der Waals surface area contributed by atoms with E-state index >= 15 is 0 Å². The highest BCUT2D eigenvalue weighted by atomic mass is 32.2. The number of hydrogen-bond donors (Lipinski definition) is 4. The number of aromatic nitrogens is 2. The van der Waals surface area contributed by atoms with Crippen molar-refractivity contribution in [3.8, 4) is 0 Å². The summed E-state index contributed by atoms with van der Waals surface area (Å²) in [6.45, 7) is 11.7. The minimum absolute atomic E-state index is 0.0144. The number of nitrogens with one attached hydrogen (secondary N) is 4. The predicted octanol–water partition coefficient (Wildman–Crippen LogP) is 4.60. The van der Waals surface area contributed by atoms with Crippen LogP contribution in [0.25, 0.3) is 0 Å². The van der Waals surface area contributed by atoms with Crippen molar-refractivity contribution in [1.29, 1.82) is 0 Å². The van der Waals surface area contributed by atoms with Gasteiger partial charge in [-0.25, -0.2) is 9.97 Å². The molecule has 0 bridgehead atoms. The molecule has 39 heavy (non-hydrogen) atoms. The Morgan fingerprint density at radius 3 is 2.44 bits per heavy atom. The van der Waals surface area contributed by atoms with Crippen LogP contribution in [0.2, 0.25) is 0 Å². The second kappa shape index (κ2) is 12.7. The van der Waals surface area contributed by atoms with Gasteiger partial charge in [-0.15, -0.1) is 0 Å². The van der Waals surface area contributed by atoms with E-state index in [0.717, 1.165) is 60.3 Å². The Labute approximate surface area is 235 Å². The molecule has 210 valence electrons. The van der Waals surface area contributed by atoms with Gasteiger partial charge < -0.3 is 20.9 Å². The van der Waals surface area contributed by atoms with E-state index < -0.39 is 0 Å². The molecule has 2 aliphatic heterocycles. The van der Waals surface area contributed by atoms with Crippen molar-refractivity contribution in [3.63, 3.8) is 0 Å². The summed E-state index contributed by atoms with van der Waals surface area (Å²) >= 11 is 1.48. The third kappa shape index (κ3) is 8.84. The summed E-state index contributed by atoms with van der Waals surface area (Å²) in [6.07, 6.45) is 3.48. The number of amides is 2. The molecule has 4 rings (SSSR count). The van der Waals surface area contributed by atoms with Gasteiger partial charge in [-0.1, -0.05) is 27.7 Å². The molecule has 4 N–H and O–H groups in total. The van der Waals surface area contributed by atoms with Crippen LogP contribution >= 0.6 is 11.8 Å². The summed E-state index contributed by atoms with van der Waals surface area (Å²) in [7, 11) is 0. The van der Waals surface area contributed by atoms with E-state index in [-0.39, 0.29) is 29.4 Å². The van der Waals surface area contributed by atoms with Crippen LogP contribution in [0, 0.1) is 5.41 Å². The van der Waals surface area contributed by atoms with Gasteiger partial charge >= 0.3 is 0 Å². The quantitative estimate of drug-likeness (QED) is 0.333. The zero-order valence-corrected chi connectivity index (χ0v) is 24.3. The number of hydrazone groups is 1. The van der Waals surface area contributed by atoms with Gasteiger partial charge in [0, 0.05) is 60.8 Å². The summed E-state index contributed by atoms with van der Waals surface area (Å²) in [6, 6.07) is 9.86. The fraction of sp³-hybridized carbons (Fsp3) is 0.536. The first kappa shape index (κ1) is 28.7. The molecule has 2 amide bonds. The molecule has 2 aliphatic rings. The van der Waals surface area contributed by atoms with Crippen molar-refractivity contribution in [2.75, 3.05) is 28.6 Å². The molecule has 1 unspecified atom stereocenters. The van der Waals surface area contributed by atoms with Crippen molar-refractivity contribution in [1.82, 2.24) is 20.7 Å². The summed E-state index contributed by atoms with van der Waals surface area (Å²) in [5.74, 6) is 1.70. The molecular weight excluding hydrogens is 512 g/mol. The van der Waals surface area contributed by atoms with Crippen molar-refractivity contribution in [2.45, 2.75) is 89.0 Å². The lowest BCUT2D eigenvalue weighted by atomic mass is 9.91. The van der Waals surface area contributed by atoms with Crippen molar-refractivity contribution < 1.29 is 9.59 Å². The predicted molar refractivity (Wildman–Crippen MR) is 157 cm³/mol. The number of nitrogens with zero attached hydrogens (tertiary/aromatic N) is 4. The molecule has 1 aromatic carbocycles. The molecule has 0 aliphatic carbocycles. The molecule has 10 nitrogen and oxygen atoms in total. The van der Waals surface area contributed by atoms with Gasteiger partial charge in [-0.05, 0) is 61.2 Å². The van der Waals surface area contributed by atoms with Gasteiger partial charge in [-0.2, -0.15) is 5.10 Å². The van der Waals surface area contributed by atoms with E-state index in [1.54, 1.807) is 0 Å². The second-order valence-electron chi connectivity index (χ2n) is 11.4. The zero-order valence-electron chi connectivity index (χ0n) is 23.5. The highest BCUT2D eigenvalue weighted by Crippen LogP contribution is 2.30.